The first kappa shape index (κ1) is 56.8. The van der Waals surface area contributed by atoms with E-state index in [9.17, 15) is 26.4 Å². The molecule has 17 nitrogen and oxygen atoms in total. The van der Waals surface area contributed by atoms with E-state index in [4.69, 9.17) is 70.1 Å². The Kier molecular flexibility index (Phi) is 22.2. The van der Waals surface area contributed by atoms with Crippen molar-refractivity contribution in [1.29, 1.82) is 0 Å². The molecule has 6 rings (SSSR count). The third kappa shape index (κ3) is 17.3. The number of fused-ring (bicyclic) bond motifs is 2. The maximum absolute atomic E-state index is 12.9. The van der Waals surface area contributed by atoms with Crippen LogP contribution in [0.1, 0.15) is 45.2 Å². The predicted molar refractivity (Wildman–Crippen MR) is 273 cm³/mol. The van der Waals surface area contributed by atoms with Gasteiger partial charge in [-0.2, -0.15) is 0 Å². The van der Waals surface area contributed by atoms with Gasteiger partial charge in [0, 0.05) is 84.3 Å². The van der Waals surface area contributed by atoms with Crippen molar-refractivity contribution in [3.05, 3.63) is 126 Å². The summed E-state index contributed by atoms with van der Waals surface area (Å²) in [6.45, 7) is 4.44. The van der Waals surface area contributed by atoms with Crippen LogP contribution < -0.4 is 20.1 Å². The highest BCUT2D eigenvalue weighted by molar-refractivity contribution is 7.89. The van der Waals surface area contributed by atoms with Gasteiger partial charge in [-0.1, -0.05) is 70.7 Å². The molecule has 0 unspecified atom stereocenters. The van der Waals surface area contributed by atoms with E-state index in [-0.39, 0.29) is 114 Å². The average Bonchev–Trinajstić information content (AvgIpc) is 3.33. The lowest BCUT2D eigenvalue weighted by molar-refractivity contribution is -0.131. The summed E-state index contributed by atoms with van der Waals surface area (Å²) in [6.07, 6.45) is 0. The lowest BCUT2D eigenvalue weighted by atomic mass is 9.85. The fourth-order valence-corrected chi connectivity index (χ4v) is 11.4. The highest BCUT2D eigenvalue weighted by Gasteiger charge is 2.29. The summed E-state index contributed by atoms with van der Waals surface area (Å²) in [6, 6.07) is 20.9. The van der Waals surface area contributed by atoms with E-state index >= 15 is 0 Å². The minimum absolute atomic E-state index is 0.00724. The molecule has 0 saturated heterocycles. The van der Waals surface area contributed by atoms with Crippen LogP contribution in [0.2, 0.25) is 20.1 Å². The molecule has 0 spiro atoms. The summed E-state index contributed by atoms with van der Waals surface area (Å²) < 4.78 is 83.8. The van der Waals surface area contributed by atoms with Crippen molar-refractivity contribution in [2.75, 3.05) is 119 Å². The summed E-state index contributed by atoms with van der Waals surface area (Å²) in [5.74, 6) is -0.850. The van der Waals surface area contributed by atoms with E-state index < -0.39 is 31.9 Å². The summed E-state index contributed by atoms with van der Waals surface area (Å²) in [5, 5.41) is 7.61. The number of carbonyl (C=O) groups is 2. The van der Waals surface area contributed by atoms with Crippen LogP contribution in [0, 0.1) is 0 Å². The van der Waals surface area contributed by atoms with E-state index in [1.54, 1.807) is 36.4 Å². The zero-order valence-corrected chi connectivity index (χ0v) is 44.2. The molecule has 2 heterocycles. The van der Waals surface area contributed by atoms with Gasteiger partial charge in [-0.15, -0.1) is 0 Å². The molecule has 4 aromatic carbocycles. The first-order chi connectivity index (χ1) is 34.0. The molecule has 0 bridgehead atoms. The summed E-state index contributed by atoms with van der Waals surface area (Å²) in [5.41, 5.74) is 6.04. The Balaban J connectivity index is 0.718. The molecule has 2 aliphatic heterocycles. The van der Waals surface area contributed by atoms with Crippen LogP contribution in [-0.2, 0) is 66.4 Å². The Hall–Kier alpha value is -3.48. The molecule has 2 aliphatic rings. The van der Waals surface area contributed by atoms with Crippen molar-refractivity contribution in [3.8, 4) is 0 Å². The number of hydrogen-bond acceptors (Lipinski definition) is 13. The Morgan fingerprint density at radius 2 is 0.873 bits per heavy atom. The average molecular weight is 1100 g/mol. The van der Waals surface area contributed by atoms with Gasteiger partial charge in [-0.25, -0.2) is 26.3 Å². The van der Waals surface area contributed by atoms with Gasteiger partial charge in [0.25, 0.3) is 0 Å². The maximum atomic E-state index is 12.9. The van der Waals surface area contributed by atoms with Crippen molar-refractivity contribution >= 4 is 78.3 Å². The molecular weight excluding hydrogens is 1040 g/mol. The predicted octanol–water partition coefficient (Wildman–Crippen LogP) is 5.03. The third-order valence-electron chi connectivity index (χ3n) is 11.6. The Labute approximate surface area is 436 Å². The minimum atomic E-state index is -3.76. The highest BCUT2D eigenvalue weighted by atomic mass is 35.5. The van der Waals surface area contributed by atoms with Crippen LogP contribution in [-0.4, -0.2) is 158 Å². The van der Waals surface area contributed by atoms with E-state index in [1.807, 2.05) is 50.5 Å². The smallest absolute Gasteiger partial charge is 0.246 e. The second-order valence-corrected chi connectivity index (χ2v) is 22.2. The molecule has 23 heteroatoms. The molecule has 0 fully saturated rings. The fourth-order valence-electron chi connectivity index (χ4n) is 8.19. The number of nitrogens with one attached hydrogen (secondary N) is 4. The summed E-state index contributed by atoms with van der Waals surface area (Å²) in [7, 11) is -3.49. The van der Waals surface area contributed by atoms with Crippen molar-refractivity contribution < 1.29 is 50.1 Å². The van der Waals surface area contributed by atoms with Gasteiger partial charge in [0.05, 0.1) is 62.6 Å². The van der Waals surface area contributed by atoms with Gasteiger partial charge in [0.15, 0.2) is 0 Å². The van der Waals surface area contributed by atoms with Crippen LogP contribution in [0.4, 0.5) is 0 Å². The molecule has 0 radical (unpaired) electrons. The Bertz CT molecular complexity index is 2460. The first-order valence-electron chi connectivity index (χ1n) is 22.9. The van der Waals surface area contributed by atoms with E-state index in [1.165, 1.54) is 0 Å². The van der Waals surface area contributed by atoms with Crippen LogP contribution in [0.3, 0.4) is 0 Å². The van der Waals surface area contributed by atoms with E-state index in [0.29, 0.717) is 33.2 Å². The number of benzene rings is 4. The van der Waals surface area contributed by atoms with Gasteiger partial charge >= 0.3 is 0 Å². The van der Waals surface area contributed by atoms with Crippen LogP contribution >= 0.6 is 46.4 Å². The molecule has 71 heavy (non-hydrogen) atoms. The number of likely N-dealkylation sites (N-methyl/N-ethyl adjacent to an activating group) is 2. The van der Waals surface area contributed by atoms with Crippen LogP contribution in [0.15, 0.2) is 82.6 Å². The molecule has 2 atom stereocenters. The SMILES string of the molecule is CN1Cc2c(Cl)cc(Cl)cc2[C@H](c2ccc(S(=O)(=O)NCCOCCOCCNC(=O)COCC(=O)NCCOCCOCCNS(=O)(=O)c3ccc([C@@H]4CN(C)Cc5c(Cl)cc(Cl)cc54)cc3)cc2)C1. The van der Waals surface area contributed by atoms with Gasteiger partial charge < -0.3 is 44.1 Å². The van der Waals surface area contributed by atoms with Crippen molar-refractivity contribution in [1.82, 2.24) is 29.9 Å². The normalized spacial score (nSPS) is 16.4. The topological polar surface area (TPSA) is 203 Å². The molecule has 0 aromatic heterocycles. The number of amides is 2. The maximum Gasteiger partial charge on any atom is 0.246 e. The lowest BCUT2D eigenvalue weighted by Gasteiger charge is -2.33. The monoisotopic (exact) mass is 1100 g/mol. The fraction of sp³-hybridized carbons (Fsp3) is 0.458. The molecule has 0 saturated carbocycles. The molecule has 4 N–H and O–H groups in total. The van der Waals surface area contributed by atoms with E-state index in [0.717, 1.165) is 46.5 Å². The second kappa shape index (κ2) is 27.7. The lowest BCUT2D eigenvalue weighted by Crippen LogP contribution is -2.34. The molecular formula is C48H60Cl4N6O11S2. The standard InChI is InChI=1S/C48H60Cl4N6O11S2/c1-57-27-41(39-23-35(49)25-45(51)43(39)29-57)33-3-7-37(8-4-33)70(61,62)55-13-17-67-21-19-65-15-11-53-47(59)31-69-32-48(60)54-12-16-66-20-22-68-18-14-56-71(63,64)38-9-5-34(6-10-38)42-28-58(2)30-44-40(42)24-36(50)26-46(44)52/h3-10,23-26,41-42,55-56H,11-22,27-32H2,1-2H3,(H,53,59)(H,54,60)/t41-,42-/m0/s1. The number of ether oxygens (including phenoxy) is 5. The molecule has 4 aromatic rings. The number of rotatable bonds is 28. The number of sulfonamides is 2. The number of halogens is 4. The summed E-state index contributed by atoms with van der Waals surface area (Å²) in [4.78, 5) is 28.7. The number of nitrogens with zero attached hydrogens (tertiary/aromatic N) is 2. The third-order valence-corrected chi connectivity index (χ3v) is 15.7. The number of hydrogen-bond donors (Lipinski definition) is 4. The van der Waals surface area contributed by atoms with Crippen molar-refractivity contribution in [2.24, 2.45) is 0 Å². The van der Waals surface area contributed by atoms with Gasteiger partial charge in [0.1, 0.15) is 13.2 Å². The quantitative estimate of drug-likeness (QED) is 0.0553. The van der Waals surface area contributed by atoms with Gasteiger partial charge in [-0.05, 0) is 96.0 Å². The molecule has 2 amide bonds. The largest absolute Gasteiger partial charge is 0.378 e. The molecule has 0 aliphatic carbocycles. The van der Waals surface area contributed by atoms with Crippen molar-refractivity contribution in [3.63, 3.8) is 0 Å². The summed E-state index contributed by atoms with van der Waals surface area (Å²) >= 11 is 25.6. The van der Waals surface area contributed by atoms with Gasteiger partial charge in [0.2, 0.25) is 31.9 Å². The van der Waals surface area contributed by atoms with Crippen molar-refractivity contribution in [2.45, 2.75) is 34.7 Å². The first-order valence-corrected chi connectivity index (χ1v) is 27.4. The van der Waals surface area contributed by atoms with Crippen LogP contribution in [0.5, 0.6) is 0 Å². The number of carbonyl (C=O) groups excluding carboxylic acids is 2. The highest BCUT2D eigenvalue weighted by Crippen LogP contribution is 2.40. The Morgan fingerprint density at radius 3 is 1.24 bits per heavy atom. The zero-order chi connectivity index (χ0) is 51.0. The molecule has 388 valence electrons. The zero-order valence-electron chi connectivity index (χ0n) is 39.5. The minimum Gasteiger partial charge on any atom is -0.378 e. The second-order valence-electron chi connectivity index (χ2n) is 17.0. The van der Waals surface area contributed by atoms with Crippen LogP contribution in [0.25, 0.3) is 0 Å². The van der Waals surface area contributed by atoms with Gasteiger partial charge in [-0.3, -0.25) is 9.59 Å². The van der Waals surface area contributed by atoms with E-state index in [2.05, 4.69) is 29.9 Å². The Morgan fingerprint density at radius 1 is 0.521 bits per heavy atom.